The molecule has 1 aliphatic rings. The summed E-state index contributed by atoms with van der Waals surface area (Å²) in [7, 11) is 0. The number of pyridine rings is 1. The average molecular weight is 1090 g/mol. The van der Waals surface area contributed by atoms with Crippen LogP contribution in [0.3, 0.4) is 0 Å². The first kappa shape index (κ1) is 53.8. The number of anilines is 4. The highest BCUT2D eigenvalue weighted by Crippen LogP contribution is 2.52. The average Bonchev–Trinajstić information content (AvgIpc) is 2.69. The van der Waals surface area contributed by atoms with Crippen LogP contribution in [0.4, 0.5) is 22.7 Å². The molecule has 0 atom stereocenters. The molecule has 0 fully saturated rings. The molecule has 0 aliphatic carbocycles. The molecule has 2 aromatic heterocycles. The zero-order valence-corrected chi connectivity index (χ0v) is 50.0. The van der Waals surface area contributed by atoms with Crippen molar-refractivity contribution in [1.82, 2.24) is 9.55 Å². The fourth-order valence-corrected chi connectivity index (χ4v) is 12.3. The van der Waals surface area contributed by atoms with Gasteiger partial charge in [-0.3, -0.25) is 4.57 Å². The second kappa shape index (κ2) is 21.1. The Morgan fingerprint density at radius 1 is 0.381 bits per heavy atom. The van der Waals surface area contributed by atoms with Crippen LogP contribution in [-0.4, -0.2) is 16.2 Å². The largest absolute Gasteiger partial charge is 0.457 e. The Balaban J connectivity index is 0.962. The van der Waals surface area contributed by atoms with Crippen LogP contribution in [0, 0.1) is 6.92 Å². The van der Waals surface area contributed by atoms with Crippen LogP contribution in [0.5, 0.6) is 11.5 Å². The summed E-state index contributed by atoms with van der Waals surface area (Å²) in [5.41, 5.74) is 22.9. The number of ether oxygens (including phenoxy) is 1. The molecule has 10 aromatic carbocycles. The van der Waals surface area contributed by atoms with Crippen LogP contribution >= 0.6 is 0 Å². The lowest BCUT2D eigenvalue weighted by atomic mass is 9.85. The summed E-state index contributed by atoms with van der Waals surface area (Å²) in [6, 6.07) is 86.5. The monoisotopic (exact) mass is 1090 g/mol. The second-order valence-corrected chi connectivity index (χ2v) is 25.8. The van der Waals surface area contributed by atoms with Crippen molar-refractivity contribution in [3.05, 3.63) is 265 Å². The maximum absolute atomic E-state index is 7.41. The predicted octanol–water partition coefficient (Wildman–Crippen LogP) is 21.8. The zero-order chi connectivity index (χ0) is 58.1. The second-order valence-electron chi connectivity index (χ2n) is 25.8. The van der Waals surface area contributed by atoms with Gasteiger partial charge in [0.25, 0.3) is 0 Å². The minimum atomic E-state index is -0.207. The molecule has 13 rings (SSSR count). The fourth-order valence-electron chi connectivity index (χ4n) is 12.3. The zero-order valence-electron chi connectivity index (χ0n) is 50.0. The molecule has 0 bridgehead atoms. The third-order valence-electron chi connectivity index (χ3n) is 16.9. The molecule has 0 radical (unpaired) electrons. The number of aromatic nitrogens is 2. The first-order valence-electron chi connectivity index (χ1n) is 29.5. The summed E-state index contributed by atoms with van der Waals surface area (Å²) in [6.07, 6.45) is 2.03. The summed E-state index contributed by atoms with van der Waals surface area (Å²) in [5, 5.41) is 2.31. The first-order chi connectivity index (χ1) is 40.4. The van der Waals surface area contributed by atoms with E-state index in [9.17, 15) is 0 Å². The Hall–Kier alpha value is -9.45. The van der Waals surface area contributed by atoms with Crippen molar-refractivity contribution in [3.63, 3.8) is 0 Å². The van der Waals surface area contributed by atoms with Crippen LogP contribution in [0.15, 0.2) is 243 Å². The normalized spacial score (nSPS) is 12.8. The molecule has 0 unspecified atom stereocenters. The number of para-hydroxylation sites is 4. The van der Waals surface area contributed by atoms with Gasteiger partial charge in [0.05, 0.1) is 28.1 Å². The molecule has 12 aromatic rings. The minimum Gasteiger partial charge on any atom is -0.457 e. The van der Waals surface area contributed by atoms with E-state index in [-0.39, 0.29) is 16.2 Å². The SMILES string of the molecule is Cc1cc(-n2c3ccccc3c3c(-c4ccc(C(C)(C)C)cc4)cc(Oc4cc(N5CN(c6c(-c7ccc(C(C)(C)C)cc7)cccc6-c6cccc(-c7ccccc7)c6)c6ccccc65)cc(C(C)(C)C)c4)cc32)ncc1-c1ccccc1. The molecule has 0 amide bonds. The van der Waals surface area contributed by atoms with Gasteiger partial charge < -0.3 is 14.5 Å². The van der Waals surface area contributed by atoms with E-state index in [1.165, 1.54) is 44.5 Å². The van der Waals surface area contributed by atoms with Gasteiger partial charge in [0, 0.05) is 51.5 Å². The molecule has 5 nitrogen and oxygen atoms in total. The minimum absolute atomic E-state index is 0.00543. The highest BCUT2D eigenvalue weighted by Gasteiger charge is 2.33. The van der Waals surface area contributed by atoms with Crippen molar-refractivity contribution in [1.29, 1.82) is 0 Å². The lowest BCUT2D eigenvalue weighted by molar-refractivity contribution is 0.479. The Bertz CT molecular complexity index is 4420. The highest BCUT2D eigenvalue weighted by atomic mass is 16.5. The van der Waals surface area contributed by atoms with Crippen molar-refractivity contribution >= 4 is 44.6 Å². The van der Waals surface area contributed by atoms with E-state index >= 15 is 0 Å². The third kappa shape index (κ3) is 10.1. The van der Waals surface area contributed by atoms with Gasteiger partial charge in [0.15, 0.2) is 0 Å². The van der Waals surface area contributed by atoms with Crippen molar-refractivity contribution in [3.8, 4) is 73.0 Å². The van der Waals surface area contributed by atoms with E-state index in [2.05, 4.69) is 320 Å². The molecule has 5 heteroatoms. The van der Waals surface area contributed by atoms with E-state index < -0.39 is 0 Å². The Kier molecular flexibility index (Phi) is 13.5. The van der Waals surface area contributed by atoms with Crippen molar-refractivity contribution in [2.75, 3.05) is 16.5 Å². The van der Waals surface area contributed by atoms with Crippen LogP contribution in [0.1, 0.15) is 84.6 Å². The number of hydrogen-bond donors (Lipinski definition) is 0. The molecule has 84 heavy (non-hydrogen) atoms. The van der Waals surface area contributed by atoms with Crippen molar-refractivity contribution in [2.45, 2.75) is 85.5 Å². The number of nitrogens with zero attached hydrogens (tertiary/aromatic N) is 4. The fraction of sp³-hybridized carbons (Fsp3) is 0.177. The summed E-state index contributed by atoms with van der Waals surface area (Å²) in [5.74, 6) is 2.37. The van der Waals surface area contributed by atoms with Crippen LogP contribution < -0.4 is 14.5 Å². The summed E-state index contributed by atoms with van der Waals surface area (Å²) in [4.78, 5) is 10.2. The summed E-state index contributed by atoms with van der Waals surface area (Å²) in [6.45, 7) is 23.3. The molecule has 1 aliphatic heterocycles. The molecule has 0 spiro atoms. The number of hydrogen-bond acceptors (Lipinski definition) is 4. The predicted molar refractivity (Wildman–Crippen MR) is 355 cm³/mol. The van der Waals surface area contributed by atoms with Gasteiger partial charge >= 0.3 is 0 Å². The molecule has 0 saturated heterocycles. The van der Waals surface area contributed by atoms with Gasteiger partial charge in [-0.2, -0.15) is 0 Å². The number of fused-ring (bicyclic) bond motifs is 4. The van der Waals surface area contributed by atoms with Gasteiger partial charge in [-0.25, -0.2) is 4.98 Å². The number of aryl methyl sites for hydroxylation is 1. The summed E-state index contributed by atoms with van der Waals surface area (Å²) >= 11 is 0. The summed E-state index contributed by atoms with van der Waals surface area (Å²) < 4.78 is 9.73. The maximum atomic E-state index is 7.41. The van der Waals surface area contributed by atoms with E-state index in [1.54, 1.807) is 0 Å². The quantitative estimate of drug-likeness (QED) is 0.137. The van der Waals surface area contributed by atoms with E-state index in [4.69, 9.17) is 9.72 Å². The molecule has 0 N–H and O–H groups in total. The third-order valence-corrected chi connectivity index (χ3v) is 16.9. The molecular formula is C79H72N4O. The molecule has 3 heterocycles. The molecule has 0 saturated carbocycles. The van der Waals surface area contributed by atoms with Gasteiger partial charge in [0.1, 0.15) is 24.0 Å². The van der Waals surface area contributed by atoms with Crippen molar-refractivity contribution in [2.24, 2.45) is 0 Å². The smallest absolute Gasteiger partial charge is 0.137 e. The van der Waals surface area contributed by atoms with Gasteiger partial charge in [0.2, 0.25) is 0 Å². The van der Waals surface area contributed by atoms with Gasteiger partial charge in [-0.05, 0) is 133 Å². The van der Waals surface area contributed by atoms with Crippen LogP contribution in [-0.2, 0) is 16.2 Å². The number of benzene rings is 10. The van der Waals surface area contributed by atoms with E-state index in [1.807, 2.05) is 6.20 Å². The Labute approximate surface area is 496 Å². The number of rotatable bonds is 10. The van der Waals surface area contributed by atoms with Gasteiger partial charge in [-0.1, -0.05) is 238 Å². The lowest BCUT2D eigenvalue weighted by Crippen LogP contribution is -2.25. The Morgan fingerprint density at radius 2 is 0.905 bits per heavy atom. The topological polar surface area (TPSA) is 33.5 Å². The van der Waals surface area contributed by atoms with Crippen LogP contribution in [0.2, 0.25) is 0 Å². The van der Waals surface area contributed by atoms with E-state index in [0.717, 1.165) is 95.3 Å². The maximum Gasteiger partial charge on any atom is 0.137 e. The van der Waals surface area contributed by atoms with Crippen molar-refractivity contribution < 1.29 is 4.74 Å². The highest BCUT2D eigenvalue weighted by molar-refractivity contribution is 6.16. The molecular weight excluding hydrogens is 1020 g/mol. The van der Waals surface area contributed by atoms with Crippen LogP contribution in [0.25, 0.3) is 83.3 Å². The van der Waals surface area contributed by atoms with Gasteiger partial charge in [-0.15, -0.1) is 0 Å². The molecule has 414 valence electrons. The first-order valence-corrected chi connectivity index (χ1v) is 29.5. The van der Waals surface area contributed by atoms with E-state index in [0.29, 0.717) is 6.67 Å². The Morgan fingerprint density at radius 3 is 1.55 bits per heavy atom. The lowest BCUT2D eigenvalue weighted by Gasteiger charge is -2.28. The standard InChI is InChI=1S/C79H72N4O/c1-52-43-74(80-50-69(52)54-25-15-12-16-26-54)83-70-32-18-17-29-67(70)75-68(56-37-41-60(42-38-56)78(5,6)7)48-64(49-73(75)83)84-63-46-61(79(8,9)10)45-62(47-63)81-51-82(72-34-20-19-33-71(72)81)76-65(55-35-39-59(40-36-55)77(2,3)4)30-22-31-66(76)58-28-21-27-57(44-58)53-23-13-11-14-24-53/h11-50H,51H2,1-10H3.